The number of anilines is 3. The number of hydrogen-bond acceptors (Lipinski definition) is 1. The number of fused-ring (bicyclic) bond motifs is 5. The van der Waals surface area contributed by atoms with Crippen molar-refractivity contribution in [3.63, 3.8) is 0 Å². The first kappa shape index (κ1) is 32.3. The molecule has 4 aromatic rings. The first-order chi connectivity index (χ1) is 24.2. The summed E-state index contributed by atoms with van der Waals surface area (Å²) in [6.45, 7) is 20.1. The van der Waals surface area contributed by atoms with E-state index in [4.69, 9.17) is 0 Å². The molecule has 1 heteroatoms. The molecule has 7 aliphatic carbocycles. The van der Waals surface area contributed by atoms with Gasteiger partial charge in [-0.05, 0) is 166 Å². The van der Waals surface area contributed by atoms with Crippen molar-refractivity contribution in [2.45, 2.75) is 140 Å². The van der Waals surface area contributed by atoms with E-state index in [1.165, 1.54) is 86.0 Å². The molecule has 0 unspecified atom stereocenters. The van der Waals surface area contributed by atoms with E-state index in [0.29, 0.717) is 0 Å². The molecule has 0 heterocycles. The minimum absolute atomic E-state index is 0.0740. The highest BCUT2D eigenvalue weighted by Crippen LogP contribution is 2.71. The molecule has 0 N–H and O–H groups in total. The standard InChI is InChI=1S/C50H59N/c1-46(2)22-24-48(5,6)44-38(46)17-12-20-41(44)51(42-21-13-18-39-45(42)49(7,8)25-23-47(39,3)4)40-19-11-15-36-35-14-9-10-16-37(35)50(43(36)40)33-27-31-26-32(29-33)30-34(50)28-31/h9-21,31-34H,22-30H2,1-8H3. The van der Waals surface area contributed by atoms with E-state index >= 15 is 0 Å². The number of hydrogen-bond donors (Lipinski definition) is 0. The summed E-state index contributed by atoms with van der Waals surface area (Å²) in [6.07, 6.45) is 12.0. The summed E-state index contributed by atoms with van der Waals surface area (Å²) in [5, 5.41) is 0. The second kappa shape index (κ2) is 10.4. The summed E-state index contributed by atoms with van der Waals surface area (Å²) in [6, 6.07) is 31.9. The first-order valence-electron chi connectivity index (χ1n) is 20.6. The molecule has 4 fully saturated rings. The lowest BCUT2D eigenvalue weighted by atomic mass is 9.43. The van der Waals surface area contributed by atoms with Gasteiger partial charge in [-0.15, -0.1) is 0 Å². The normalized spacial score (nSPS) is 30.7. The molecule has 1 spiro atoms. The fraction of sp³-hybridized carbons (Fsp3) is 0.520. The van der Waals surface area contributed by atoms with Gasteiger partial charge in [-0.25, -0.2) is 0 Å². The van der Waals surface area contributed by atoms with E-state index in [1.54, 1.807) is 33.4 Å². The molecule has 0 radical (unpaired) electrons. The average molecular weight is 674 g/mol. The zero-order valence-corrected chi connectivity index (χ0v) is 32.6. The van der Waals surface area contributed by atoms with Crippen LogP contribution in [0.25, 0.3) is 11.1 Å². The highest BCUT2D eigenvalue weighted by Gasteiger charge is 2.62. The molecule has 0 aliphatic heterocycles. The van der Waals surface area contributed by atoms with Crippen LogP contribution in [0.5, 0.6) is 0 Å². The minimum Gasteiger partial charge on any atom is -0.310 e. The van der Waals surface area contributed by atoms with E-state index in [1.807, 2.05) is 0 Å². The van der Waals surface area contributed by atoms with Crippen LogP contribution in [0.4, 0.5) is 17.1 Å². The average Bonchev–Trinajstić information content (AvgIpc) is 3.39. The van der Waals surface area contributed by atoms with Crippen molar-refractivity contribution in [3.8, 4) is 11.1 Å². The summed E-state index contributed by atoms with van der Waals surface area (Å²) in [5.41, 5.74) is 17.4. The first-order valence-corrected chi connectivity index (χ1v) is 20.6. The lowest BCUT2D eigenvalue weighted by Gasteiger charge is -2.61. The van der Waals surface area contributed by atoms with Gasteiger partial charge in [0.25, 0.3) is 0 Å². The van der Waals surface area contributed by atoms with Gasteiger partial charge in [-0.1, -0.05) is 116 Å². The zero-order valence-electron chi connectivity index (χ0n) is 32.6. The largest absolute Gasteiger partial charge is 0.310 e. The quantitative estimate of drug-likeness (QED) is 0.209. The Hall–Kier alpha value is -3.32. The highest BCUT2D eigenvalue weighted by atomic mass is 15.2. The molecule has 51 heavy (non-hydrogen) atoms. The van der Waals surface area contributed by atoms with Crippen molar-refractivity contribution in [2.75, 3.05) is 4.90 Å². The fourth-order valence-electron chi connectivity index (χ4n) is 13.5. The minimum atomic E-state index is 0.0740. The predicted octanol–water partition coefficient (Wildman–Crippen LogP) is 13.6. The molecule has 0 saturated heterocycles. The van der Waals surface area contributed by atoms with E-state index < -0.39 is 0 Å². The van der Waals surface area contributed by atoms with Gasteiger partial charge in [0.2, 0.25) is 0 Å². The molecule has 7 aliphatic rings. The number of benzene rings is 4. The van der Waals surface area contributed by atoms with Crippen LogP contribution in [0.1, 0.15) is 147 Å². The van der Waals surface area contributed by atoms with Crippen molar-refractivity contribution >= 4 is 17.1 Å². The summed E-state index contributed by atoms with van der Waals surface area (Å²) in [5.74, 6) is 3.29. The lowest BCUT2D eigenvalue weighted by Crippen LogP contribution is -2.55. The summed E-state index contributed by atoms with van der Waals surface area (Å²) in [7, 11) is 0. The molecule has 0 amide bonds. The molecular formula is C50H59N. The van der Waals surface area contributed by atoms with Gasteiger partial charge in [0, 0.05) is 5.41 Å². The van der Waals surface area contributed by atoms with Gasteiger partial charge in [0.15, 0.2) is 0 Å². The van der Waals surface area contributed by atoms with Crippen LogP contribution in [0.15, 0.2) is 78.9 Å². The molecule has 264 valence electrons. The van der Waals surface area contributed by atoms with Crippen molar-refractivity contribution in [3.05, 3.63) is 112 Å². The van der Waals surface area contributed by atoms with E-state index in [9.17, 15) is 0 Å². The van der Waals surface area contributed by atoms with Crippen LogP contribution in [0.2, 0.25) is 0 Å². The van der Waals surface area contributed by atoms with Crippen LogP contribution in [0, 0.1) is 23.7 Å². The Morgan fingerprint density at radius 2 is 0.824 bits per heavy atom. The van der Waals surface area contributed by atoms with Gasteiger partial charge < -0.3 is 4.90 Å². The Labute approximate surface area is 308 Å². The van der Waals surface area contributed by atoms with Crippen molar-refractivity contribution in [2.24, 2.45) is 23.7 Å². The number of nitrogens with zero attached hydrogens (tertiary/aromatic N) is 1. The van der Waals surface area contributed by atoms with Crippen molar-refractivity contribution in [1.82, 2.24) is 0 Å². The van der Waals surface area contributed by atoms with Crippen LogP contribution in [-0.4, -0.2) is 0 Å². The molecule has 0 aromatic heterocycles. The van der Waals surface area contributed by atoms with Gasteiger partial charge in [0.1, 0.15) is 0 Å². The molecule has 4 aromatic carbocycles. The van der Waals surface area contributed by atoms with Crippen LogP contribution in [-0.2, 0) is 27.1 Å². The van der Waals surface area contributed by atoms with Crippen LogP contribution >= 0.6 is 0 Å². The van der Waals surface area contributed by atoms with Gasteiger partial charge in [-0.3, -0.25) is 0 Å². The third-order valence-corrected chi connectivity index (χ3v) is 15.9. The van der Waals surface area contributed by atoms with Gasteiger partial charge in [0.05, 0.1) is 17.1 Å². The molecular weight excluding hydrogens is 615 g/mol. The summed E-state index contributed by atoms with van der Waals surface area (Å²) >= 11 is 0. The van der Waals surface area contributed by atoms with E-state index in [-0.39, 0.29) is 27.1 Å². The number of rotatable bonds is 3. The molecule has 4 bridgehead atoms. The molecule has 1 nitrogen and oxygen atoms in total. The Morgan fingerprint density at radius 1 is 0.412 bits per heavy atom. The topological polar surface area (TPSA) is 3.24 Å². The third kappa shape index (κ3) is 4.27. The van der Waals surface area contributed by atoms with E-state index in [0.717, 1.165) is 23.7 Å². The lowest BCUT2D eigenvalue weighted by molar-refractivity contribution is -0.0397. The summed E-state index contributed by atoms with van der Waals surface area (Å²) in [4.78, 5) is 2.86. The highest BCUT2D eigenvalue weighted by molar-refractivity contribution is 5.93. The Balaban J connectivity index is 1.33. The fourth-order valence-corrected chi connectivity index (χ4v) is 13.5. The Kier molecular flexibility index (Phi) is 6.61. The molecule has 4 saturated carbocycles. The van der Waals surface area contributed by atoms with Crippen molar-refractivity contribution < 1.29 is 0 Å². The molecule has 0 atom stereocenters. The van der Waals surface area contributed by atoms with Gasteiger partial charge >= 0.3 is 0 Å². The Morgan fingerprint density at radius 3 is 1.35 bits per heavy atom. The predicted molar refractivity (Wildman–Crippen MR) is 215 cm³/mol. The SMILES string of the molecule is CC1(C)CCC(C)(C)c2c(N(c3cccc4c3C(C)(C)CCC4(C)C)c3cccc4c3C3(c5ccccc5-4)C4CC5CC(C4)CC3C5)cccc21. The second-order valence-corrected chi connectivity index (χ2v) is 20.7. The second-order valence-electron chi connectivity index (χ2n) is 20.7. The molecule has 11 rings (SSSR count). The maximum absolute atomic E-state index is 2.86. The maximum atomic E-state index is 2.86. The van der Waals surface area contributed by atoms with Gasteiger partial charge in [-0.2, -0.15) is 0 Å². The smallest absolute Gasteiger partial charge is 0.0509 e. The maximum Gasteiger partial charge on any atom is 0.0509 e. The van der Waals surface area contributed by atoms with Crippen LogP contribution in [0.3, 0.4) is 0 Å². The third-order valence-electron chi connectivity index (χ3n) is 15.9. The van der Waals surface area contributed by atoms with Crippen molar-refractivity contribution in [1.29, 1.82) is 0 Å². The summed E-state index contributed by atoms with van der Waals surface area (Å²) < 4.78 is 0. The van der Waals surface area contributed by atoms with E-state index in [2.05, 4.69) is 139 Å². The Bertz CT molecular complexity index is 1980. The van der Waals surface area contributed by atoms with Crippen LogP contribution < -0.4 is 4.90 Å². The monoisotopic (exact) mass is 673 g/mol. The zero-order chi connectivity index (χ0) is 35.3.